The first kappa shape index (κ1) is 15.8. The average molecular weight is 316 g/mol. The highest BCUT2D eigenvalue weighted by molar-refractivity contribution is 5.19. The van der Waals surface area contributed by atoms with Crippen molar-refractivity contribution in [2.24, 2.45) is 0 Å². The van der Waals surface area contributed by atoms with Crippen LogP contribution in [-0.4, -0.2) is 12.9 Å². The Bertz CT molecular complexity index is 659. The predicted octanol–water partition coefficient (Wildman–Crippen LogP) is 3.26. The molecule has 23 heavy (non-hydrogen) atoms. The molecule has 5 nitrogen and oxygen atoms in total. The van der Waals surface area contributed by atoms with Crippen LogP contribution in [0.1, 0.15) is 30.6 Å². The molecule has 1 aromatic carbocycles. The van der Waals surface area contributed by atoms with Crippen LogP contribution in [0.25, 0.3) is 0 Å². The molecule has 5 heteroatoms. The Labute approximate surface area is 134 Å². The molecule has 0 N–H and O–H groups in total. The molecule has 2 heterocycles. The van der Waals surface area contributed by atoms with Gasteiger partial charge in [0.1, 0.15) is 25.2 Å². The van der Waals surface area contributed by atoms with Crippen molar-refractivity contribution in [3.63, 3.8) is 0 Å². The normalized spacial score (nSPS) is 17.8. The first-order valence-electron chi connectivity index (χ1n) is 7.83. The van der Waals surface area contributed by atoms with Crippen molar-refractivity contribution in [3.05, 3.63) is 64.2 Å². The minimum absolute atomic E-state index is 0.200. The smallest absolute Gasteiger partial charge is 0.227 e. The lowest BCUT2D eigenvalue weighted by Crippen LogP contribution is -2.22. The topological polar surface area (TPSA) is 57.9 Å². The van der Waals surface area contributed by atoms with Crippen molar-refractivity contribution < 1.29 is 18.6 Å². The maximum absolute atomic E-state index is 12.0. The highest BCUT2D eigenvalue weighted by atomic mass is 16.7. The summed E-state index contributed by atoms with van der Waals surface area (Å²) in [6.45, 7) is 1.27. The largest absolute Gasteiger partial charge is 0.482 e. The second-order valence-corrected chi connectivity index (χ2v) is 5.46. The number of rotatable bonds is 6. The van der Waals surface area contributed by atoms with E-state index in [1.54, 1.807) is 0 Å². The van der Waals surface area contributed by atoms with E-state index in [2.05, 4.69) is 0 Å². The lowest BCUT2D eigenvalue weighted by atomic mass is 10.2. The van der Waals surface area contributed by atoms with Crippen molar-refractivity contribution in [2.75, 3.05) is 6.61 Å². The van der Waals surface area contributed by atoms with Gasteiger partial charge < -0.3 is 18.6 Å². The van der Waals surface area contributed by atoms with E-state index < -0.39 is 0 Å². The summed E-state index contributed by atoms with van der Waals surface area (Å²) in [4.78, 5) is 12.0. The zero-order valence-corrected chi connectivity index (χ0v) is 12.9. The van der Waals surface area contributed by atoms with Crippen LogP contribution in [0.3, 0.4) is 0 Å². The van der Waals surface area contributed by atoms with E-state index in [9.17, 15) is 4.79 Å². The standard InChI is InChI=1S/C18H20O5/c19-16-10-15(12-23-18-8-4-5-9-20-18)21-13-17(16)22-11-14-6-2-1-3-7-14/h1-3,6-7,10,13,18H,4-5,8-9,11-12H2. The summed E-state index contributed by atoms with van der Waals surface area (Å²) in [5, 5.41) is 0. The molecule has 1 saturated heterocycles. The van der Waals surface area contributed by atoms with E-state index in [1.807, 2.05) is 30.3 Å². The van der Waals surface area contributed by atoms with Gasteiger partial charge in [-0.05, 0) is 24.8 Å². The molecule has 0 bridgehead atoms. The van der Waals surface area contributed by atoms with Crippen LogP contribution in [0.5, 0.6) is 5.75 Å². The van der Waals surface area contributed by atoms with Crippen LogP contribution in [0.2, 0.25) is 0 Å². The predicted molar refractivity (Wildman–Crippen MR) is 84.1 cm³/mol. The number of hydrogen-bond acceptors (Lipinski definition) is 5. The molecule has 0 aliphatic carbocycles. The third-order valence-corrected chi connectivity index (χ3v) is 3.64. The first-order valence-corrected chi connectivity index (χ1v) is 7.83. The Hall–Kier alpha value is -2.11. The second kappa shape index (κ2) is 7.94. The van der Waals surface area contributed by atoms with E-state index in [0.717, 1.165) is 31.4 Å². The molecule has 1 atom stereocenters. The van der Waals surface area contributed by atoms with Gasteiger partial charge in [-0.25, -0.2) is 0 Å². The monoisotopic (exact) mass is 316 g/mol. The van der Waals surface area contributed by atoms with Gasteiger partial charge in [0.05, 0.1) is 0 Å². The van der Waals surface area contributed by atoms with Crippen molar-refractivity contribution in [1.29, 1.82) is 0 Å². The lowest BCUT2D eigenvalue weighted by Gasteiger charge is -2.22. The molecular weight excluding hydrogens is 296 g/mol. The summed E-state index contributed by atoms with van der Waals surface area (Å²) in [5.41, 5.74) is 0.782. The summed E-state index contributed by atoms with van der Waals surface area (Å²) < 4.78 is 22.0. The average Bonchev–Trinajstić information content (AvgIpc) is 2.61. The van der Waals surface area contributed by atoms with Gasteiger partial charge in [-0.15, -0.1) is 0 Å². The van der Waals surface area contributed by atoms with E-state index in [4.69, 9.17) is 18.6 Å². The van der Waals surface area contributed by atoms with Crippen LogP contribution in [0.4, 0.5) is 0 Å². The van der Waals surface area contributed by atoms with Crippen molar-refractivity contribution in [1.82, 2.24) is 0 Å². The van der Waals surface area contributed by atoms with Crippen molar-refractivity contribution in [2.45, 2.75) is 38.8 Å². The SMILES string of the molecule is O=c1cc(COC2CCCCO2)occ1OCc1ccccc1. The fourth-order valence-corrected chi connectivity index (χ4v) is 2.37. The van der Waals surface area contributed by atoms with Crippen LogP contribution in [-0.2, 0) is 22.7 Å². The molecule has 2 aromatic rings. The molecule has 1 aliphatic rings. The molecule has 122 valence electrons. The number of hydrogen-bond donors (Lipinski definition) is 0. The van der Waals surface area contributed by atoms with Gasteiger partial charge in [-0.3, -0.25) is 4.79 Å². The second-order valence-electron chi connectivity index (χ2n) is 5.46. The molecule has 1 fully saturated rings. The highest BCUT2D eigenvalue weighted by Gasteiger charge is 2.15. The molecule has 0 saturated carbocycles. The third kappa shape index (κ3) is 4.68. The molecule has 0 radical (unpaired) electrons. The maximum atomic E-state index is 12.0. The Morgan fingerprint density at radius 1 is 1.13 bits per heavy atom. The van der Waals surface area contributed by atoms with Gasteiger partial charge in [-0.2, -0.15) is 0 Å². The third-order valence-electron chi connectivity index (χ3n) is 3.64. The van der Waals surface area contributed by atoms with Crippen LogP contribution in [0.15, 0.2) is 51.9 Å². The zero-order chi connectivity index (χ0) is 15.9. The Kier molecular flexibility index (Phi) is 5.45. The zero-order valence-electron chi connectivity index (χ0n) is 12.9. The van der Waals surface area contributed by atoms with Gasteiger partial charge in [0.25, 0.3) is 0 Å². The van der Waals surface area contributed by atoms with E-state index in [1.165, 1.54) is 12.3 Å². The summed E-state index contributed by atoms with van der Waals surface area (Å²) in [5.74, 6) is 0.669. The summed E-state index contributed by atoms with van der Waals surface area (Å²) in [7, 11) is 0. The Morgan fingerprint density at radius 2 is 2.00 bits per heavy atom. The Morgan fingerprint density at radius 3 is 2.74 bits per heavy atom. The Balaban J connectivity index is 1.54. The molecule has 1 aliphatic heterocycles. The molecular formula is C18H20O5. The number of ether oxygens (including phenoxy) is 3. The first-order chi connectivity index (χ1) is 11.3. The molecule has 3 rings (SSSR count). The van der Waals surface area contributed by atoms with Gasteiger partial charge in [0, 0.05) is 12.7 Å². The van der Waals surface area contributed by atoms with Crippen molar-refractivity contribution in [3.8, 4) is 5.75 Å². The van der Waals surface area contributed by atoms with Gasteiger partial charge >= 0.3 is 0 Å². The molecule has 1 aromatic heterocycles. The fraction of sp³-hybridized carbons (Fsp3) is 0.389. The quantitative estimate of drug-likeness (QED) is 0.818. The number of benzene rings is 1. The summed E-state index contributed by atoms with van der Waals surface area (Å²) in [6, 6.07) is 11.1. The van der Waals surface area contributed by atoms with Crippen LogP contribution < -0.4 is 10.2 Å². The van der Waals surface area contributed by atoms with Gasteiger partial charge in [-0.1, -0.05) is 30.3 Å². The molecule has 0 amide bonds. The van der Waals surface area contributed by atoms with Crippen LogP contribution >= 0.6 is 0 Å². The lowest BCUT2D eigenvalue weighted by molar-refractivity contribution is -0.171. The fourth-order valence-electron chi connectivity index (χ4n) is 2.37. The van der Waals surface area contributed by atoms with Crippen molar-refractivity contribution >= 4 is 0 Å². The minimum atomic E-state index is -0.213. The molecule has 1 unspecified atom stereocenters. The minimum Gasteiger partial charge on any atom is -0.482 e. The van der Waals surface area contributed by atoms with E-state index >= 15 is 0 Å². The summed E-state index contributed by atoms with van der Waals surface area (Å²) in [6.07, 6.45) is 4.18. The molecule has 0 spiro atoms. The summed E-state index contributed by atoms with van der Waals surface area (Å²) >= 11 is 0. The van der Waals surface area contributed by atoms with E-state index in [0.29, 0.717) is 12.4 Å². The maximum Gasteiger partial charge on any atom is 0.227 e. The highest BCUT2D eigenvalue weighted by Crippen LogP contribution is 2.16. The van der Waals surface area contributed by atoms with Gasteiger partial charge in [0.15, 0.2) is 6.29 Å². The van der Waals surface area contributed by atoms with Crippen LogP contribution in [0, 0.1) is 0 Å². The van der Waals surface area contributed by atoms with E-state index in [-0.39, 0.29) is 24.1 Å². The van der Waals surface area contributed by atoms with Gasteiger partial charge in [0.2, 0.25) is 11.2 Å².